The lowest BCUT2D eigenvalue weighted by Gasteiger charge is -2.39. The van der Waals surface area contributed by atoms with E-state index in [9.17, 15) is 14.4 Å². The van der Waals surface area contributed by atoms with Gasteiger partial charge in [0.25, 0.3) is 5.91 Å². The van der Waals surface area contributed by atoms with Crippen LogP contribution in [-0.4, -0.2) is 59.4 Å². The predicted octanol–water partition coefficient (Wildman–Crippen LogP) is 2.94. The lowest BCUT2D eigenvalue weighted by molar-refractivity contribution is -0.168. The Balaban J connectivity index is 1.54. The number of carbonyl (C=O) groups is 3. The number of hydrogen-bond donors (Lipinski definition) is 0. The van der Waals surface area contributed by atoms with Crippen molar-refractivity contribution in [2.75, 3.05) is 26.2 Å². The summed E-state index contributed by atoms with van der Waals surface area (Å²) in [5, 5.41) is 4.00. The summed E-state index contributed by atoms with van der Waals surface area (Å²) in [4.78, 5) is 40.2. The third-order valence-corrected chi connectivity index (χ3v) is 6.44. The highest BCUT2D eigenvalue weighted by molar-refractivity contribution is 7.08. The van der Waals surface area contributed by atoms with E-state index in [-0.39, 0.29) is 17.2 Å². The van der Waals surface area contributed by atoms with Crippen molar-refractivity contribution in [3.05, 3.63) is 28.5 Å². The van der Waals surface area contributed by atoms with Gasteiger partial charge >= 0.3 is 5.97 Å². The zero-order chi connectivity index (χ0) is 20.4. The second-order valence-corrected chi connectivity index (χ2v) is 9.08. The second kappa shape index (κ2) is 8.07. The molecule has 152 valence electrons. The number of carbonyl (C=O) groups excluding carboxylic acids is 3. The normalized spacial score (nSPS) is 19.4. The highest BCUT2D eigenvalue weighted by Gasteiger charge is 2.46. The molecule has 6 nitrogen and oxygen atoms in total. The van der Waals surface area contributed by atoms with Gasteiger partial charge in [0.05, 0.1) is 0 Å². The Morgan fingerprint density at radius 1 is 1.14 bits per heavy atom. The van der Waals surface area contributed by atoms with E-state index < -0.39 is 11.6 Å². The van der Waals surface area contributed by atoms with Crippen LogP contribution in [0.1, 0.15) is 45.6 Å². The Bertz CT molecular complexity index is 761. The van der Waals surface area contributed by atoms with Gasteiger partial charge in [0.15, 0.2) is 5.60 Å². The van der Waals surface area contributed by atoms with Crippen LogP contribution in [0.2, 0.25) is 0 Å². The summed E-state index contributed by atoms with van der Waals surface area (Å²) in [6.45, 7) is 7.37. The van der Waals surface area contributed by atoms with Gasteiger partial charge in [0.2, 0.25) is 5.91 Å². The highest BCUT2D eigenvalue weighted by Crippen LogP contribution is 2.41. The molecule has 1 aromatic rings. The van der Waals surface area contributed by atoms with Gasteiger partial charge in [-0.05, 0) is 67.0 Å². The van der Waals surface area contributed by atoms with Crippen LogP contribution in [-0.2, 0) is 19.1 Å². The molecule has 2 fully saturated rings. The number of piperidine rings is 1. The molecule has 2 aliphatic rings. The van der Waals surface area contributed by atoms with Crippen molar-refractivity contribution in [3.63, 3.8) is 0 Å². The fourth-order valence-corrected chi connectivity index (χ4v) is 4.77. The highest BCUT2D eigenvalue weighted by atomic mass is 32.1. The van der Waals surface area contributed by atoms with Gasteiger partial charge in [-0.3, -0.25) is 14.4 Å². The maximum absolute atomic E-state index is 12.8. The Kier molecular flexibility index (Phi) is 5.93. The number of likely N-dealkylation sites (tertiary alicyclic amines) is 2. The SMILES string of the molecule is CC(=O)OC(C)(C)C(=O)N1CCC2(CCN(C(=O)/C=C/c3ccsc3)CC2)C1. The topological polar surface area (TPSA) is 66.9 Å². The quantitative estimate of drug-likeness (QED) is 0.572. The third-order valence-electron chi connectivity index (χ3n) is 5.74. The third kappa shape index (κ3) is 4.63. The van der Waals surface area contributed by atoms with E-state index in [1.54, 1.807) is 31.3 Å². The summed E-state index contributed by atoms with van der Waals surface area (Å²) >= 11 is 1.61. The first-order valence-electron chi connectivity index (χ1n) is 9.69. The summed E-state index contributed by atoms with van der Waals surface area (Å²) in [5.41, 5.74) is -0.0248. The molecule has 0 atom stereocenters. The maximum atomic E-state index is 12.8. The minimum Gasteiger partial charge on any atom is -0.450 e. The smallest absolute Gasteiger partial charge is 0.303 e. The molecular weight excluding hydrogens is 376 g/mol. The average Bonchev–Trinajstić information content (AvgIpc) is 3.29. The van der Waals surface area contributed by atoms with Crippen LogP contribution < -0.4 is 0 Å². The van der Waals surface area contributed by atoms with Gasteiger partial charge in [-0.15, -0.1) is 0 Å². The van der Waals surface area contributed by atoms with Gasteiger partial charge in [-0.1, -0.05) is 0 Å². The number of rotatable bonds is 4. The molecule has 2 amide bonds. The van der Waals surface area contributed by atoms with E-state index in [1.165, 1.54) is 6.92 Å². The molecule has 2 saturated heterocycles. The number of esters is 1. The molecule has 1 spiro atoms. The zero-order valence-corrected chi connectivity index (χ0v) is 17.6. The second-order valence-electron chi connectivity index (χ2n) is 8.30. The minimum atomic E-state index is -1.14. The van der Waals surface area contributed by atoms with Crippen LogP contribution in [0.5, 0.6) is 0 Å². The summed E-state index contributed by atoms with van der Waals surface area (Å²) in [6.07, 6.45) is 6.22. The molecule has 0 N–H and O–H groups in total. The first-order chi connectivity index (χ1) is 13.2. The molecule has 0 bridgehead atoms. The number of amides is 2. The number of thiophene rings is 1. The Hall–Kier alpha value is -2.15. The fraction of sp³-hybridized carbons (Fsp3) is 0.571. The maximum Gasteiger partial charge on any atom is 0.303 e. The Morgan fingerprint density at radius 3 is 2.36 bits per heavy atom. The predicted molar refractivity (Wildman–Crippen MR) is 109 cm³/mol. The van der Waals surface area contributed by atoms with Crippen LogP contribution in [0, 0.1) is 5.41 Å². The molecule has 28 heavy (non-hydrogen) atoms. The van der Waals surface area contributed by atoms with Gasteiger partial charge in [0.1, 0.15) is 0 Å². The van der Waals surface area contributed by atoms with Crippen LogP contribution >= 0.6 is 11.3 Å². The average molecular weight is 405 g/mol. The van der Waals surface area contributed by atoms with E-state index >= 15 is 0 Å². The fourth-order valence-electron chi connectivity index (χ4n) is 4.14. The molecule has 0 unspecified atom stereocenters. The summed E-state index contributed by atoms with van der Waals surface area (Å²) in [6, 6.07) is 1.99. The molecule has 1 aromatic heterocycles. The van der Waals surface area contributed by atoms with Crippen LogP contribution in [0.15, 0.2) is 22.9 Å². The first kappa shape index (κ1) is 20.6. The molecule has 7 heteroatoms. The largest absolute Gasteiger partial charge is 0.450 e. The first-order valence-corrected chi connectivity index (χ1v) is 10.6. The van der Waals surface area contributed by atoms with E-state index in [1.807, 2.05) is 32.7 Å². The van der Waals surface area contributed by atoms with Crippen molar-refractivity contribution in [2.24, 2.45) is 5.41 Å². The Morgan fingerprint density at radius 2 is 1.79 bits per heavy atom. The molecule has 3 heterocycles. The van der Waals surface area contributed by atoms with E-state index in [2.05, 4.69) is 0 Å². The van der Waals surface area contributed by atoms with E-state index in [4.69, 9.17) is 4.74 Å². The van der Waals surface area contributed by atoms with Crippen molar-refractivity contribution < 1.29 is 19.1 Å². The summed E-state index contributed by atoms with van der Waals surface area (Å²) in [7, 11) is 0. The van der Waals surface area contributed by atoms with Crippen molar-refractivity contribution in [1.82, 2.24) is 9.80 Å². The Labute approximate surface area is 170 Å². The van der Waals surface area contributed by atoms with Crippen LogP contribution in [0.4, 0.5) is 0 Å². The van der Waals surface area contributed by atoms with Crippen molar-refractivity contribution in [2.45, 2.75) is 45.6 Å². The van der Waals surface area contributed by atoms with Crippen molar-refractivity contribution in [3.8, 4) is 0 Å². The van der Waals surface area contributed by atoms with Gasteiger partial charge in [-0.2, -0.15) is 11.3 Å². The number of nitrogens with zero attached hydrogens (tertiary/aromatic N) is 2. The van der Waals surface area contributed by atoms with Gasteiger partial charge < -0.3 is 14.5 Å². The lowest BCUT2D eigenvalue weighted by atomic mass is 9.77. The molecule has 3 rings (SSSR count). The number of hydrogen-bond acceptors (Lipinski definition) is 5. The summed E-state index contributed by atoms with van der Waals surface area (Å²) < 4.78 is 5.20. The molecule has 0 aromatic carbocycles. The monoisotopic (exact) mass is 404 g/mol. The van der Waals surface area contributed by atoms with Gasteiger partial charge in [-0.25, -0.2) is 0 Å². The standard InChI is InChI=1S/C21H28N2O4S/c1-16(24)27-20(2,3)19(26)23-12-9-21(15-23)7-10-22(11-8-21)18(25)5-4-17-6-13-28-14-17/h4-6,13-14H,7-12,15H2,1-3H3/b5-4+. The van der Waals surface area contributed by atoms with Crippen molar-refractivity contribution >= 4 is 35.2 Å². The van der Waals surface area contributed by atoms with Crippen molar-refractivity contribution in [1.29, 1.82) is 0 Å². The van der Waals surface area contributed by atoms with Crippen LogP contribution in [0.3, 0.4) is 0 Å². The molecule has 0 aliphatic carbocycles. The van der Waals surface area contributed by atoms with E-state index in [0.717, 1.165) is 24.8 Å². The van der Waals surface area contributed by atoms with E-state index in [0.29, 0.717) is 26.2 Å². The molecule has 0 radical (unpaired) electrons. The lowest BCUT2D eigenvalue weighted by Crippen LogP contribution is -2.49. The molecule has 0 saturated carbocycles. The molecule has 2 aliphatic heterocycles. The number of ether oxygens (including phenoxy) is 1. The summed E-state index contributed by atoms with van der Waals surface area (Å²) in [5.74, 6) is -0.547. The van der Waals surface area contributed by atoms with Crippen LogP contribution in [0.25, 0.3) is 6.08 Å². The minimum absolute atomic E-state index is 0.0444. The zero-order valence-electron chi connectivity index (χ0n) is 16.8. The molecular formula is C21H28N2O4S. The van der Waals surface area contributed by atoms with Gasteiger partial charge in [0, 0.05) is 39.2 Å².